The normalized spacial score (nSPS) is 20.1. The Labute approximate surface area is 159 Å². The van der Waals surface area contributed by atoms with Crippen LogP contribution in [-0.2, 0) is 11.2 Å². The second-order valence-corrected chi connectivity index (χ2v) is 15.5. The van der Waals surface area contributed by atoms with Crippen LogP contribution in [-0.4, -0.2) is 32.6 Å². The van der Waals surface area contributed by atoms with Crippen molar-refractivity contribution in [3.05, 3.63) is 73.0 Å². The second-order valence-electron chi connectivity index (χ2n) is 6.46. The van der Waals surface area contributed by atoms with Crippen LogP contribution in [0.25, 0.3) is 9.41 Å². The van der Waals surface area contributed by atoms with Gasteiger partial charge in [-0.2, -0.15) is 0 Å². The van der Waals surface area contributed by atoms with Crippen LogP contribution in [0.2, 0.25) is 0 Å². The summed E-state index contributed by atoms with van der Waals surface area (Å²) in [6.07, 6.45) is 2.52. The predicted molar refractivity (Wildman–Crippen MR) is 97.9 cm³/mol. The molecule has 2 aromatic rings. The number of nitrogens with one attached hydrogen (secondary N) is 1. The molecule has 0 unspecified atom stereocenters. The molecule has 3 heterocycles. The van der Waals surface area contributed by atoms with Gasteiger partial charge in [0.25, 0.3) is 0 Å². The van der Waals surface area contributed by atoms with Crippen molar-refractivity contribution in [2.75, 3.05) is 0 Å². The van der Waals surface area contributed by atoms with E-state index >= 15 is 0 Å². The summed E-state index contributed by atoms with van der Waals surface area (Å²) in [5, 5.41) is 1.99. The molecule has 1 N–H and O–H groups in total. The molecule has 3 aliphatic heterocycles. The van der Waals surface area contributed by atoms with E-state index in [1.54, 1.807) is 0 Å². The SMILES string of the molecule is O=C1NC(=O)/C(=[C]2\c3ccc[c]4c3C=[C](Cc3ccc(F)cc3F)[In]24)S1. The van der Waals surface area contributed by atoms with E-state index in [2.05, 4.69) is 17.5 Å². The monoisotopic (exact) mass is 469 g/mol. The molecule has 1 fully saturated rings. The number of carbonyl (C=O) groups is 2. The van der Waals surface area contributed by atoms with Crippen LogP contribution in [0.1, 0.15) is 16.7 Å². The first kappa shape index (κ1) is 16.3. The molecule has 3 nitrogen and oxygen atoms in total. The van der Waals surface area contributed by atoms with E-state index in [4.69, 9.17) is 0 Å². The van der Waals surface area contributed by atoms with Gasteiger partial charge < -0.3 is 0 Å². The van der Waals surface area contributed by atoms with Crippen molar-refractivity contribution in [1.82, 2.24) is 5.32 Å². The molecule has 4 bridgehead atoms. The average molecular weight is 469 g/mol. The summed E-state index contributed by atoms with van der Waals surface area (Å²) in [5.41, 5.74) is 2.61. The first-order valence-electron chi connectivity index (χ1n) is 8.08. The number of imide groups is 1. The Bertz CT molecular complexity index is 1090. The van der Waals surface area contributed by atoms with Gasteiger partial charge in [-0.25, -0.2) is 0 Å². The summed E-state index contributed by atoms with van der Waals surface area (Å²) < 4.78 is 30.8. The molecule has 0 spiro atoms. The van der Waals surface area contributed by atoms with Crippen molar-refractivity contribution in [1.29, 1.82) is 0 Å². The fourth-order valence-electron chi connectivity index (χ4n) is 3.98. The van der Waals surface area contributed by atoms with E-state index in [1.165, 1.54) is 15.5 Å². The summed E-state index contributed by atoms with van der Waals surface area (Å²) >= 11 is -1.79. The zero-order valence-corrected chi connectivity index (χ0v) is 17.4. The number of thioether (sulfide) groups is 1. The number of allylic oxidation sites excluding steroid dienone is 1. The molecule has 0 atom stereocenters. The zero-order chi connectivity index (χ0) is 18.0. The van der Waals surface area contributed by atoms with Crippen LogP contribution < -0.4 is 8.64 Å². The van der Waals surface area contributed by atoms with E-state index in [9.17, 15) is 18.4 Å². The van der Waals surface area contributed by atoms with Gasteiger partial charge in [0.2, 0.25) is 0 Å². The molecule has 7 heteroatoms. The fourth-order valence-corrected chi connectivity index (χ4v) is 16.4. The van der Waals surface area contributed by atoms with Gasteiger partial charge in [0.15, 0.2) is 0 Å². The number of carbonyl (C=O) groups excluding carboxylic acids is 2. The Morgan fingerprint density at radius 3 is 2.65 bits per heavy atom. The van der Waals surface area contributed by atoms with Gasteiger partial charge in [-0.05, 0) is 0 Å². The van der Waals surface area contributed by atoms with Crippen LogP contribution in [0.5, 0.6) is 0 Å². The van der Waals surface area contributed by atoms with Crippen molar-refractivity contribution in [2.45, 2.75) is 6.42 Å². The minimum absolute atomic E-state index is 0.334. The summed E-state index contributed by atoms with van der Waals surface area (Å²) in [6.45, 7) is 0. The third kappa shape index (κ3) is 2.33. The van der Waals surface area contributed by atoms with Crippen molar-refractivity contribution in [3.8, 4) is 0 Å². The van der Waals surface area contributed by atoms with Gasteiger partial charge in [0.1, 0.15) is 0 Å². The Hall–Kier alpha value is -1.86. The minimum atomic E-state index is -2.75. The van der Waals surface area contributed by atoms with Gasteiger partial charge in [0.05, 0.1) is 0 Å². The van der Waals surface area contributed by atoms with Crippen molar-refractivity contribution in [2.24, 2.45) is 0 Å². The van der Waals surface area contributed by atoms with Gasteiger partial charge in [-0.1, -0.05) is 0 Å². The molecule has 0 aromatic heterocycles. The van der Waals surface area contributed by atoms with Gasteiger partial charge >= 0.3 is 160 Å². The second kappa shape index (κ2) is 5.82. The Kier molecular flexibility index (Phi) is 3.66. The standard InChI is InChI=1S/C19H10F2NO2S.In/c20-15-9-8-13(16(21)11-15)7-3-6-12-4-1-2-5-14(12)10-17-18(23)22-19(24)25-17;/h1-2,5-6,8-9,11H,7H2,(H,22,23,24);. The number of benzene rings is 2. The maximum atomic E-state index is 14.1. The van der Waals surface area contributed by atoms with E-state index in [-0.39, 0.29) is 11.1 Å². The Morgan fingerprint density at radius 1 is 1.12 bits per heavy atom. The van der Waals surface area contributed by atoms with Crippen LogP contribution in [0.4, 0.5) is 13.6 Å². The summed E-state index contributed by atoms with van der Waals surface area (Å²) in [7, 11) is 0. The van der Waals surface area contributed by atoms with E-state index < -0.39 is 33.1 Å². The van der Waals surface area contributed by atoms with Crippen molar-refractivity contribution >= 4 is 57.1 Å². The van der Waals surface area contributed by atoms with Gasteiger partial charge in [-0.15, -0.1) is 0 Å². The van der Waals surface area contributed by atoms with Crippen molar-refractivity contribution < 1.29 is 18.4 Å². The van der Waals surface area contributed by atoms with Crippen LogP contribution in [0.15, 0.2) is 44.6 Å². The molecule has 3 aliphatic rings. The summed E-state index contributed by atoms with van der Waals surface area (Å²) in [5.74, 6) is -1.48. The molecule has 0 radical (unpaired) electrons. The van der Waals surface area contributed by atoms with Crippen LogP contribution in [0.3, 0.4) is 0 Å². The summed E-state index contributed by atoms with van der Waals surface area (Å²) in [6, 6.07) is 9.68. The average Bonchev–Trinajstić information content (AvgIpc) is 3.16. The number of hydrogen-bond acceptors (Lipinski definition) is 3. The molecule has 1 saturated heterocycles. The molecule has 2 amide bonds. The Morgan fingerprint density at radius 2 is 1.96 bits per heavy atom. The van der Waals surface area contributed by atoms with E-state index in [0.29, 0.717) is 16.9 Å². The predicted octanol–water partition coefficient (Wildman–Crippen LogP) is 3.09. The number of rotatable bonds is 2. The Balaban J connectivity index is 1.61. The zero-order valence-electron chi connectivity index (χ0n) is 13.3. The first-order valence-corrected chi connectivity index (χ1v) is 13.8. The van der Waals surface area contributed by atoms with Gasteiger partial charge in [-0.3, -0.25) is 0 Å². The summed E-state index contributed by atoms with van der Waals surface area (Å²) in [4.78, 5) is 24.4. The quantitative estimate of drug-likeness (QED) is 0.689. The van der Waals surface area contributed by atoms with Crippen LogP contribution >= 0.6 is 11.8 Å². The molecule has 5 rings (SSSR count). The van der Waals surface area contributed by atoms with Crippen molar-refractivity contribution in [3.63, 3.8) is 0 Å². The molecule has 0 saturated carbocycles. The van der Waals surface area contributed by atoms with Crippen LogP contribution in [0, 0.1) is 11.6 Å². The number of halogens is 2. The maximum absolute atomic E-state index is 14.1. The molecular weight excluding hydrogens is 459 g/mol. The molecular formula is C19H10F2InNO2S. The third-order valence-corrected chi connectivity index (χ3v) is 16.2. The molecule has 26 heavy (non-hydrogen) atoms. The fraction of sp³-hybridized carbons (Fsp3) is 0.0526. The molecule has 0 aliphatic carbocycles. The number of hydrogen-bond donors (Lipinski definition) is 1. The molecule has 126 valence electrons. The third-order valence-electron chi connectivity index (χ3n) is 5.00. The molecule has 2 aromatic carbocycles. The van der Waals surface area contributed by atoms with Gasteiger partial charge in [0, 0.05) is 0 Å². The van der Waals surface area contributed by atoms with E-state index in [1.807, 2.05) is 12.1 Å². The first-order chi connectivity index (χ1) is 12.5. The topological polar surface area (TPSA) is 46.2 Å². The van der Waals surface area contributed by atoms with E-state index in [0.717, 1.165) is 35.6 Å². The number of amides is 2.